The first kappa shape index (κ1) is 14.2. The van der Waals surface area contributed by atoms with Crippen LogP contribution in [-0.2, 0) is 14.8 Å². The summed E-state index contributed by atoms with van der Waals surface area (Å²) < 4.78 is 25.6. The van der Waals surface area contributed by atoms with E-state index >= 15 is 0 Å². The van der Waals surface area contributed by atoms with E-state index in [1.807, 2.05) is 0 Å². The van der Waals surface area contributed by atoms with Crippen molar-refractivity contribution >= 4 is 16.0 Å². The van der Waals surface area contributed by atoms with Crippen LogP contribution in [-0.4, -0.2) is 31.8 Å². The molecule has 0 fully saturated rings. The predicted octanol–water partition coefficient (Wildman–Crippen LogP) is 1.13. The standard InChI is InChI=1S/C11H19NO4S/c13-11(14)7-4-8-17(15,16)12-9-10-5-2-1-3-6-10/h1-2,10,12H,3-9H2,(H,13,14). The van der Waals surface area contributed by atoms with Crippen LogP contribution in [0, 0.1) is 5.92 Å². The zero-order valence-electron chi connectivity index (χ0n) is 9.76. The highest BCUT2D eigenvalue weighted by molar-refractivity contribution is 7.89. The molecule has 98 valence electrons. The van der Waals surface area contributed by atoms with Crippen LogP contribution in [0.4, 0.5) is 0 Å². The minimum Gasteiger partial charge on any atom is -0.481 e. The van der Waals surface area contributed by atoms with Gasteiger partial charge in [0, 0.05) is 13.0 Å². The molecule has 0 saturated carbocycles. The Bertz CT molecular complexity index is 375. The molecule has 1 aliphatic rings. The van der Waals surface area contributed by atoms with Crippen molar-refractivity contribution in [2.45, 2.75) is 32.1 Å². The SMILES string of the molecule is O=C(O)CCCS(=O)(=O)NCC1CC=CCC1. The van der Waals surface area contributed by atoms with Gasteiger partial charge in [-0.3, -0.25) is 4.79 Å². The summed E-state index contributed by atoms with van der Waals surface area (Å²) in [4.78, 5) is 10.3. The molecule has 0 aromatic rings. The average molecular weight is 261 g/mol. The van der Waals surface area contributed by atoms with E-state index in [-0.39, 0.29) is 18.6 Å². The third-order valence-corrected chi connectivity index (χ3v) is 4.21. The smallest absolute Gasteiger partial charge is 0.303 e. The fraction of sp³-hybridized carbons (Fsp3) is 0.727. The maximum absolute atomic E-state index is 11.5. The molecule has 0 aromatic heterocycles. The summed E-state index contributed by atoms with van der Waals surface area (Å²) >= 11 is 0. The van der Waals surface area contributed by atoms with Gasteiger partial charge >= 0.3 is 5.97 Å². The molecule has 0 amide bonds. The lowest BCUT2D eigenvalue weighted by molar-refractivity contribution is -0.137. The first-order chi connectivity index (χ1) is 7.99. The molecule has 0 heterocycles. The maximum atomic E-state index is 11.5. The van der Waals surface area contributed by atoms with Crippen molar-refractivity contribution in [3.8, 4) is 0 Å². The molecule has 6 heteroatoms. The van der Waals surface area contributed by atoms with Gasteiger partial charge in [-0.15, -0.1) is 0 Å². The third kappa shape index (κ3) is 6.43. The highest BCUT2D eigenvalue weighted by Crippen LogP contribution is 2.17. The minimum absolute atomic E-state index is 0.104. The van der Waals surface area contributed by atoms with E-state index in [1.54, 1.807) is 0 Å². The molecule has 0 aliphatic heterocycles. The molecule has 5 nitrogen and oxygen atoms in total. The van der Waals surface area contributed by atoms with Crippen molar-refractivity contribution in [2.75, 3.05) is 12.3 Å². The van der Waals surface area contributed by atoms with Crippen molar-refractivity contribution in [3.05, 3.63) is 12.2 Å². The summed E-state index contributed by atoms with van der Waals surface area (Å²) in [5, 5.41) is 8.42. The molecule has 1 unspecified atom stereocenters. The van der Waals surface area contributed by atoms with Crippen molar-refractivity contribution in [1.29, 1.82) is 0 Å². The normalized spacial score (nSPS) is 20.4. The Morgan fingerprint density at radius 2 is 2.18 bits per heavy atom. The first-order valence-corrected chi connectivity index (χ1v) is 7.49. The Morgan fingerprint density at radius 1 is 1.41 bits per heavy atom. The van der Waals surface area contributed by atoms with Crippen molar-refractivity contribution in [2.24, 2.45) is 5.92 Å². The zero-order valence-corrected chi connectivity index (χ0v) is 10.6. The Hall–Kier alpha value is -0.880. The fourth-order valence-corrected chi connectivity index (χ4v) is 2.93. The van der Waals surface area contributed by atoms with Crippen LogP contribution in [0.1, 0.15) is 32.1 Å². The second kappa shape index (κ2) is 6.76. The number of carbonyl (C=O) groups is 1. The summed E-state index contributed by atoms with van der Waals surface area (Å²) in [6, 6.07) is 0. The number of carboxylic acids is 1. The summed E-state index contributed by atoms with van der Waals surface area (Å²) in [7, 11) is -3.31. The summed E-state index contributed by atoms with van der Waals surface area (Å²) in [6.45, 7) is 0.458. The Labute approximate surface area is 102 Å². The molecule has 1 aliphatic carbocycles. The first-order valence-electron chi connectivity index (χ1n) is 5.84. The second-order valence-electron chi connectivity index (χ2n) is 4.32. The monoisotopic (exact) mass is 261 g/mol. The van der Waals surface area contributed by atoms with E-state index in [0.717, 1.165) is 19.3 Å². The molecule has 0 bridgehead atoms. The maximum Gasteiger partial charge on any atom is 0.303 e. The molecule has 2 N–H and O–H groups in total. The Balaban J connectivity index is 2.24. The van der Waals surface area contributed by atoms with Crippen molar-refractivity contribution < 1.29 is 18.3 Å². The van der Waals surface area contributed by atoms with Crippen LogP contribution in [0.2, 0.25) is 0 Å². The summed E-state index contributed by atoms with van der Waals surface area (Å²) in [5.41, 5.74) is 0. The van der Waals surface area contributed by atoms with E-state index in [9.17, 15) is 13.2 Å². The highest BCUT2D eigenvalue weighted by atomic mass is 32.2. The number of nitrogens with one attached hydrogen (secondary N) is 1. The molecule has 1 atom stereocenters. The van der Waals surface area contributed by atoms with Gasteiger partial charge in [-0.2, -0.15) is 0 Å². The molecule has 0 aromatic carbocycles. The van der Waals surface area contributed by atoms with Crippen LogP contribution < -0.4 is 4.72 Å². The minimum atomic E-state index is -3.31. The van der Waals surface area contributed by atoms with E-state index in [4.69, 9.17) is 5.11 Å². The van der Waals surface area contributed by atoms with Gasteiger partial charge in [0.25, 0.3) is 0 Å². The van der Waals surface area contributed by atoms with Gasteiger partial charge in [0.1, 0.15) is 0 Å². The quantitative estimate of drug-likeness (QED) is 0.673. The lowest BCUT2D eigenvalue weighted by atomic mass is 9.95. The molecular formula is C11H19NO4S. The van der Waals surface area contributed by atoms with Crippen LogP contribution in [0.3, 0.4) is 0 Å². The van der Waals surface area contributed by atoms with E-state index < -0.39 is 16.0 Å². The molecule has 17 heavy (non-hydrogen) atoms. The number of rotatable bonds is 7. The van der Waals surface area contributed by atoms with Crippen LogP contribution in [0.15, 0.2) is 12.2 Å². The topological polar surface area (TPSA) is 83.5 Å². The van der Waals surface area contributed by atoms with Gasteiger partial charge in [0.05, 0.1) is 5.75 Å². The Kier molecular flexibility index (Phi) is 5.64. The van der Waals surface area contributed by atoms with Crippen molar-refractivity contribution in [1.82, 2.24) is 4.72 Å². The van der Waals surface area contributed by atoms with Gasteiger partial charge < -0.3 is 5.11 Å². The average Bonchev–Trinajstić information content (AvgIpc) is 2.27. The van der Waals surface area contributed by atoms with Crippen LogP contribution in [0.25, 0.3) is 0 Å². The summed E-state index contributed by atoms with van der Waals surface area (Å²) in [6.07, 6.45) is 7.17. The molecule has 0 saturated heterocycles. The van der Waals surface area contributed by atoms with Gasteiger partial charge in [-0.05, 0) is 31.6 Å². The number of aliphatic carboxylic acids is 1. The Morgan fingerprint density at radius 3 is 2.76 bits per heavy atom. The van der Waals surface area contributed by atoms with E-state index in [1.165, 1.54) is 0 Å². The number of allylic oxidation sites excluding steroid dienone is 2. The van der Waals surface area contributed by atoms with E-state index in [0.29, 0.717) is 12.5 Å². The number of hydrogen-bond acceptors (Lipinski definition) is 3. The van der Waals surface area contributed by atoms with E-state index in [2.05, 4.69) is 16.9 Å². The van der Waals surface area contributed by atoms with Crippen LogP contribution >= 0.6 is 0 Å². The predicted molar refractivity (Wildman–Crippen MR) is 65.1 cm³/mol. The molecule has 0 radical (unpaired) electrons. The van der Waals surface area contributed by atoms with Gasteiger partial charge in [-0.1, -0.05) is 12.2 Å². The lowest BCUT2D eigenvalue weighted by Gasteiger charge is -2.18. The van der Waals surface area contributed by atoms with Gasteiger partial charge in [-0.25, -0.2) is 13.1 Å². The van der Waals surface area contributed by atoms with Gasteiger partial charge in [0.2, 0.25) is 10.0 Å². The van der Waals surface area contributed by atoms with Gasteiger partial charge in [0.15, 0.2) is 0 Å². The zero-order chi connectivity index (χ0) is 12.7. The fourth-order valence-electron chi connectivity index (χ4n) is 1.77. The largest absolute Gasteiger partial charge is 0.481 e. The van der Waals surface area contributed by atoms with Crippen molar-refractivity contribution in [3.63, 3.8) is 0 Å². The number of sulfonamides is 1. The molecule has 0 spiro atoms. The lowest BCUT2D eigenvalue weighted by Crippen LogP contribution is -2.31. The summed E-state index contributed by atoms with van der Waals surface area (Å²) in [5.74, 6) is -0.700. The van der Waals surface area contributed by atoms with Crippen LogP contribution in [0.5, 0.6) is 0 Å². The molecule has 1 rings (SSSR count). The highest BCUT2D eigenvalue weighted by Gasteiger charge is 2.15. The third-order valence-electron chi connectivity index (χ3n) is 2.77. The number of carboxylic acid groups (broad SMARTS) is 1. The second-order valence-corrected chi connectivity index (χ2v) is 6.24. The number of hydrogen-bond donors (Lipinski definition) is 2. The molecular weight excluding hydrogens is 242 g/mol.